The number of nitrogens with zero attached hydrogens (tertiary/aromatic N) is 1. The van der Waals surface area contributed by atoms with Gasteiger partial charge in [0.05, 0.1) is 11.1 Å². The molecule has 1 aliphatic carbocycles. The van der Waals surface area contributed by atoms with Crippen molar-refractivity contribution in [2.45, 2.75) is 25.8 Å². The molecule has 1 aromatic carbocycles. The van der Waals surface area contributed by atoms with Gasteiger partial charge in [0.25, 0.3) is 0 Å². The number of pyridine rings is 1. The zero-order valence-electron chi connectivity index (χ0n) is 12.6. The highest BCUT2D eigenvalue weighted by molar-refractivity contribution is 5.84. The van der Waals surface area contributed by atoms with E-state index >= 15 is 0 Å². The minimum absolute atomic E-state index is 0.183. The molecule has 2 heterocycles. The molecule has 0 unspecified atom stereocenters. The fourth-order valence-electron chi connectivity index (χ4n) is 3.20. The summed E-state index contributed by atoms with van der Waals surface area (Å²) in [6, 6.07) is 5.83. The Morgan fingerprint density at radius 2 is 2.17 bits per heavy atom. The molecule has 0 aliphatic heterocycles. The lowest BCUT2D eigenvalue weighted by Gasteiger charge is -2.19. The maximum atomic E-state index is 13.9. The molecule has 1 atom stereocenters. The molecule has 3 aromatic rings. The van der Waals surface area contributed by atoms with Gasteiger partial charge in [0, 0.05) is 28.9 Å². The van der Waals surface area contributed by atoms with Crippen LogP contribution in [0, 0.1) is 5.82 Å². The van der Waals surface area contributed by atoms with E-state index in [0.29, 0.717) is 35.3 Å². The minimum Gasteiger partial charge on any atom is -0.455 e. The molecule has 0 amide bonds. The van der Waals surface area contributed by atoms with Gasteiger partial charge in [-0.25, -0.2) is 4.39 Å². The lowest BCUT2D eigenvalue weighted by Crippen LogP contribution is -2.18. The van der Waals surface area contributed by atoms with Crippen molar-refractivity contribution in [3.05, 3.63) is 63.3 Å². The summed E-state index contributed by atoms with van der Waals surface area (Å²) in [5, 5.41) is 0.253. The van der Waals surface area contributed by atoms with Crippen LogP contribution >= 0.6 is 0 Å². The first-order chi connectivity index (χ1) is 11.1. The van der Waals surface area contributed by atoms with Crippen molar-refractivity contribution in [1.82, 2.24) is 4.98 Å². The third kappa shape index (κ3) is 2.08. The monoisotopic (exact) mass is 310 g/mol. The van der Waals surface area contributed by atoms with Crippen molar-refractivity contribution >= 4 is 11.0 Å². The second-order valence-electron chi connectivity index (χ2n) is 5.90. The number of hydrogen-bond acceptors (Lipinski definition) is 4. The zero-order valence-corrected chi connectivity index (χ0v) is 12.6. The molecule has 0 saturated heterocycles. The first kappa shape index (κ1) is 14.1. The number of fused-ring (bicyclic) bond motifs is 4. The quantitative estimate of drug-likeness (QED) is 0.750. The highest BCUT2D eigenvalue weighted by atomic mass is 19.1. The summed E-state index contributed by atoms with van der Waals surface area (Å²) in [6.07, 6.45) is 2.95. The number of halogens is 1. The van der Waals surface area contributed by atoms with Crippen molar-refractivity contribution < 1.29 is 8.81 Å². The van der Waals surface area contributed by atoms with Crippen LogP contribution in [0.15, 0.2) is 39.7 Å². The molecule has 4 rings (SSSR count). The Labute approximate surface area is 131 Å². The lowest BCUT2D eigenvalue weighted by molar-refractivity contribution is 0.583. The molecule has 5 heteroatoms. The standard InChI is InChI=1S/C18H15FN2O2/c1-9(20)13-7-10(19)8-14-16(22)12-4-5-15-11(3-2-6-21-15)17(12)23-18(13)14/h2-3,6-9H,4-5,20H2,1H3/t9-/m1/s1. The van der Waals surface area contributed by atoms with Crippen molar-refractivity contribution in [3.63, 3.8) is 0 Å². The van der Waals surface area contributed by atoms with E-state index in [2.05, 4.69) is 4.98 Å². The topological polar surface area (TPSA) is 69.1 Å². The van der Waals surface area contributed by atoms with E-state index in [0.717, 1.165) is 11.3 Å². The number of nitrogens with two attached hydrogens (primary N) is 1. The third-order valence-electron chi connectivity index (χ3n) is 4.32. The summed E-state index contributed by atoms with van der Waals surface area (Å²) >= 11 is 0. The zero-order chi connectivity index (χ0) is 16.1. The smallest absolute Gasteiger partial charge is 0.196 e. The normalized spacial score (nSPS) is 14.4. The van der Waals surface area contributed by atoms with E-state index < -0.39 is 11.9 Å². The van der Waals surface area contributed by atoms with Gasteiger partial charge in [-0.15, -0.1) is 0 Å². The molecule has 0 spiro atoms. The van der Waals surface area contributed by atoms with Gasteiger partial charge in [0.2, 0.25) is 0 Å². The van der Waals surface area contributed by atoms with Gasteiger partial charge < -0.3 is 10.2 Å². The molecular weight excluding hydrogens is 295 g/mol. The van der Waals surface area contributed by atoms with Gasteiger partial charge in [-0.1, -0.05) is 0 Å². The predicted molar refractivity (Wildman–Crippen MR) is 85.7 cm³/mol. The highest BCUT2D eigenvalue weighted by Crippen LogP contribution is 2.34. The summed E-state index contributed by atoms with van der Waals surface area (Å²) in [6.45, 7) is 1.74. The molecule has 116 valence electrons. The van der Waals surface area contributed by atoms with Crippen LogP contribution in [-0.4, -0.2) is 4.98 Å². The molecule has 0 fully saturated rings. The first-order valence-corrected chi connectivity index (χ1v) is 7.55. The maximum absolute atomic E-state index is 13.9. The Hall–Kier alpha value is -2.53. The fourth-order valence-corrected chi connectivity index (χ4v) is 3.20. The van der Waals surface area contributed by atoms with Crippen molar-refractivity contribution in [1.29, 1.82) is 0 Å². The Morgan fingerprint density at radius 3 is 2.96 bits per heavy atom. The predicted octanol–water partition coefficient (Wildman–Crippen LogP) is 3.11. The van der Waals surface area contributed by atoms with Crippen LogP contribution in [0.2, 0.25) is 0 Å². The number of aromatic nitrogens is 1. The average molecular weight is 310 g/mol. The van der Waals surface area contributed by atoms with Crippen LogP contribution in [0.1, 0.15) is 29.8 Å². The molecule has 0 bridgehead atoms. The first-order valence-electron chi connectivity index (χ1n) is 7.55. The maximum Gasteiger partial charge on any atom is 0.196 e. The van der Waals surface area contributed by atoms with E-state index in [9.17, 15) is 9.18 Å². The van der Waals surface area contributed by atoms with Crippen molar-refractivity contribution in [3.8, 4) is 11.3 Å². The van der Waals surface area contributed by atoms with Gasteiger partial charge in [0.15, 0.2) is 5.43 Å². The molecule has 4 nitrogen and oxygen atoms in total. The van der Waals surface area contributed by atoms with E-state index in [4.69, 9.17) is 10.2 Å². The number of benzene rings is 1. The van der Waals surface area contributed by atoms with Gasteiger partial charge in [-0.3, -0.25) is 9.78 Å². The Balaban J connectivity index is 2.14. The van der Waals surface area contributed by atoms with Crippen LogP contribution in [0.25, 0.3) is 22.3 Å². The van der Waals surface area contributed by atoms with Gasteiger partial charge in [-0.2, -0.15) is 0 Å². The Morgan fingerprint density at radius 1 is 1.35 bits per heavy atom. The Kier molecular flexibility index (Phi) is 3.06. The SMILES string of the molecule is C[C@@H](N)c1cc(F)cc2c(=O)c3c(oc12)-c1cccnc1CC3. The van der Waals surface area contributed by atoms with Crippen LogP contribution < -0.4 is 11.2 Å². The van der Waals surface area contributed by atoms with Gasteiger partial charge in [-0.05, 0) is 44.0 Å². The second-order valence-corrected chi connectivity index (χ2v) is 5.90. The van der Waals surface area contributed by atoms with Crippen LogP contribution in [0.4, 0.5) is 4.39 Å². The largest absolute Gasteiger partial charge is 0.455 e. The van der Waals surface area contributed by atoms with Crippen molar-refractivity contribution in [2.75, 3.05) is 0 Å². The second kappa shape index (κ2) is 4.99. The van der Waals surface area contributed by atoms with Gasteiger partial charge in [0.1, 0.15) is 17.2 Å². The van der Waals surface area contributed by atoms with Gasteiger partial charge >= 0.3 is 0 Å². The van der Waals surface area contributed by atoms with Crippen LogP contribution in [-0.2, 0) is 12.8 Å². The average Bonchev–Trinajstić information content (AvgIpc) is 2.55. The van der Waals surface area contributed by atoms with Crippen LogP contribution in [0.3, 0.4) is 0 Å². The molecule has 1 aliphatic rings. The third-order valence-corrected chi connectivity index (χ3v) is 4.32. The molecule has 23 heavy (non-hydrogen) atoms. The summed E-state index contributed by atoms with van der Waals surface area (Å²) in [4.78, 5) is 17.2. The summed E-state index contributed by atoms with van der Waals surface area (Å²) < 4.78 is 19.9. The Bertz CT molecular complexity index is 992. The summed E-state index contributed by atoms with van der Waals surface area (Å²) in [5.74, 6) is 0.0558. The van der Waals surface area contributed by atoms with E-state index in [1.807, 2.05) is 12.1 Å². The molecule has 2 N–H and O–H groups in total. The lowest BCUT2D eigenvalue weighted by atomic mass is 9.92. The molecule has 0 saturated carbocycles. The summed E-state index contributed by atoms with van der Waals surface area (Å²) in [7, 11) is 0. The van der Waals surface area contributed by atoms with E-state index in [1.165, 1.54) is 12.1 Å². The van der Waals surface area contributed by atoms with Crippen molar-refractivity contribution in [2.24, 2.45) is 5.73 Å². The highest BCUT2D eigenvalue weighted by Gasteiger charge is 2.25. The number of hydrogen-bond donors (Lipinski definition) is 1. The summed E-state index contributed by atoms with van der Waals surface area (Å²) in [5.41, 5.74) is 8.92. The van der Waals surface area contributed by atoms with Crippen LogP contribution in [0.5, 0.6) is 0 Å². The molecule has 2 aromatic heterocycles. The van der Waals surface area contributed by atoms with E-state index in [-0.39, 0.29) is 10.8 Å². The minimum atomic E-state index is -0.477. The molecular formula is C18H15FN2O2. The molecule has 0 radical (unpaired) electrons. The number of rotatable bonds is 1. The fraction of sp³-hybridized carbons (Fsp3) is 0.222. The van der Waals surface area contributed by atoms with E-state index in [1.54, 1.807) is 13.1 Å². The number of aryl methyl sites for hydroxylation is 1.